The number of rotatable bonds is 2. The summed E-state index contributed by atoms with van der Waals surface area (Å²) in [4.78, 5) is 13.9. The maximum absolute atomic E-state index is 12.2. The first-order chi connectivity index (χ1) is 10.1. The van der Waals surface area contributed by atoms with Crippen LogP contribution in [0.15, 0.2) is 46.9 Å². The molecule has 21 heavy (non-hydrogen) atoms. The lowest BCUT2D eigenvalue weighted by Gasteiger charge is -2.15. The van der Waals surface area contributed by atoms with Crippen LogP contribution in [0.4, 0.5) is 4.79 Å². The van der Waals surface area contributed by atoms with Gasteiger partial charge >= 0.3 is 6.09 Å². The number of halogens is 1. The van der Waals surface area contributed by atoms with Crippen LogP contribution in [0.3, 0.4) is 0 Å². The fourth-order valence-corrected chi connectivity index (χ4v) is 3.00. The Labute approximate surface area is 132 Å². The van der Waals surface area contributed by atoms with Gasteiger partial charge in [0.15, 0.2) is 0 Å². The molecule has 4 heteroatoms. The number of carbonyl (C=O) groups is 1. The van der Waals surface area contributed by atoms with Gasteiger partial charge in [-0.25, -0.2) is 4.79 Å². The minimum Gasteiger partial charge on any atom is -0.445 e. The van der Waals surface area contributed by atoms with E-state index in [9.17, 15) is 4.79 Å². The highest BCUT2D eigenvalue weighted by molar-refractivity contribution is 9.10. The quantitative estimate of drug-likeness (QED) is 0.806. The molecule has 3 rings (SSSR count). The Morgan fingerprint density at radius 2 is 1.95 bits per heavy atom. The molecule has 0 saturated heterocycles. The average molecular weight is 346 g/mol. The Bertz CT molecular complexity index is 670. The van der Waals surface area contributed by atoms with Crippen molar-refractivity contribution in [3.8, 4) is 0 Å². The Hall–Kier alpha value is -1.81. The van der Waals surface area contributed by atoms with Gasteiger partial charge in [-0.2, -0.15) is 0 Å². The van der Waals surface area contributed by atoms with E-state index in [4.69, 9.17) is 4.74 Å². The number of benzene rings is 2. The van der Waals surface area contributed by atoms with Gasteiger partial charge in [0.25, 0.3) is 0 Å². The minimum absolute atomic E-state index is 0.264. The summed E-state index contributed by atoms with van der Waals surface area (Å²) in [5.41, 5.74) is 4.56. The van der Waals surface area contributed by atoms with E-state index in [1.807, 2.05) is 30.3 Å². The molecule has 0 aromatic heterocycles. The zero-order chi connectivity index (χ0) is 14.8. The zero-order valence-corrected chi connectivity index (χ0v) is 13.4. The van der Waals surface area contributed by atoms with Crippen molar-refractivity contribution in [3.05, 3.63) is 69.2 Å². The van der Waals surface area contributed by atoms with Gasteiger partial charge < -0.3 is 4.74 Å². The van der Waals surface area contributed by atoms with Crippen LogP contribution in [0.1, 0.15) is 22.3 Å². The van der Waals surface area contributed by atoms with Crippen molar-refractivity contribution in [2.24, 2.45) is 0 Å². The summed E-state index contributed by atoms with van der Waals surface area (Å²) in [6, 6.07) is 13.9. The number of hydrogen-bond donors (Lipinski definition) is 0. The predicted octanol–water partition coefficient (Wildman–Crippen LogP) is 4.41. The highest BCUT2D eigenvalue weighted by atomic mass is 79.9. The van der Waals surface area contributed by atoms with Crippen LogP contribution in [-0.4, -0.2) is 11.0 Å². The zero-order valence-electron chi connectivity index (χ0n) is 11.8. The van der Waals surface area contributed by atoms with Crippen molar-refractivity contribution >= 4 is 22.0 Å². The molecule has 0 unspecified atom stereocenters. The molecular formula is C17H16BrNO2. The summed E-state index contributed by atoms with van der Waals surface area (Å²) in [7, 11) is 0. The first-order valence-corrected chi connectivity index (χ1v) is 7.67. The van der Waals surface area contributed by atoms with Crippen LogP contribution in [0, 0.1) is 6.92 Å². The summed E-state index contributed by atoms with van der Waals surface area (Å²) in [5, 5.41) is 0. The molecule has 1 amide bonds. The standard InChI is InChI=1S/C17H16BrNO2/c1-12-7-8-14-9-19(10-15(14)16(12)18)17(20)21-11-13-5-3-2-4-6-13/h2-8H,9-11H2,1H3. The average Bonchev–Trinajstić information content (AvgIpc) is 2.95. The molecule has 2 aromatic rings. The van der Waals surface area contributed by atoms with E-state index in [0.717, 1.165) is 10.0 Å². The minimum atomic E-state index is -0.264. The number of carbonyl (C=O) groups excluding carboxylic acids is 1. The smallest absolute Gasteiger partial charge is 0.410 e. The third kappa shape index (κ3) is 2.95. The molecule has 1 aliphatic rings. The van der Waals surface area contributed by atoms with E-state index in [0.29, 0.717) is 19.7 Å². The molecule has 0 aliphatic carbocycles. The van der Waals surface area contributed by atoms with Crippen molar-refractivity contribution in [2.45, 2.75) is 26.6 Å². The van der Waals surface area contributed by atoms with Crippen LogP contribution in [0.25, 0.3) is 0 Å². The van der Waals surface area contributed by atoms with E-state index in [-0.39, 0.29) is 6.09 Å². The van der Waals surface area contributed by atoms with Crippen molar-refractivity contribution in [2.75, 3.05) is 0 Å². The Kier molecular flexibility index (Phi) is 3.97. The van der Waals surface area contributed by atoms with Gasteiger partial charge in [-0.05, 0) is 29.2 Å². The summed E-state index contributed by atoms with van der Waals surface area (Å²) in [6.07, 6.45) is -0.264. The van der Waals surface area contributed by atoms with Gasteiger partial charge in [0.1, 0.15) is 6.61 Å². The van der Waals surface area contributed by atoms with Gasteiger partial charge in [0.05, 0.1) is 6.54 Å². The Balaban J connectivity index is 1.64. The molecule has 2 aromatic carbocycles. The third-order valence-corrected chi connectivity index (χ3v) is 4.81. The number of fused-ring (bicyclic) bond motifs is 1. The first-order valence-electron chi connectivity index (χ1n) is 6.87. The van der Waals surface area contributed by atoms with Crippen LogP contribution in [-0.2, 0) is 24.4 Å². The monoisotopic (exact) mass is 345 g/mol. The van der Waals surface area contributed by atoms with E-state index in [2.05, 4.69) is 35.0 Å². The fourth-order valence-electron chi connectivity index (χ4n) is 2.49. The summed E-state index contributed by atoms with van der Waals surface area (Å²) < 4.78 is 6.48. The van der Waals surface area contributed by atoms with Crippen molar-refractivity contribution < 1.29 is 9.53 Å². The second-order valence-corrected chi connectivity index (χ2v) is 6.02. The first kappa shape index (κ1) is 14.1. The second-order valence-electron chi connectivity index (χ2n) is 5.23. The molecule has 3 nitrogen and oxygen atoms in total. The molecule has 0 radical (unpaired) electrons. The number of nitrogens with zero attached hydrogens (tertiary/aromatic N) is 1. The molecule has 1 aliphatic heterocycles. The molecule has 0 saturated carbocycles. The molecular weight excluding hydrogens is 330 g/mol. The topological polar surface area (TPSA) is 29.5 Å². The van der Waals surface area contributed by atoms with Crippen molar-refractivity contribution in [3.63, 3.8) is 0 Å². The van der Waals surface area contributed by atoms with Gasteiger partial charge in [-0.3, -0.25) is 4.90 Å². The Morgan fingerprint density at radius 3 is 2.71 bits per heavy atom. The van der Waals surface area contributed by atoms with Crippen LogP contribution in [0.2, 0.25) is 0 Å². The lowest BCUT2D eigenvalue weighted by atomic mass is 10.1. The lowest BCUT2D eigenvalue weighted by molar-refractivity contribution is 0.0955. The normalized spacial score (nSPS) is 13.1. The van der Waals surface area contributed by atoms with Crippen LogP contribution < -0.4 is 0 Å². The van der Waals surface area contributed by atoms with Gasteiger partial charge in [0.2, 0.25) is 0 Å². The summed E-state index contributed by atoms with van der Waals surface area (Å²) in [5.74, 6) is 0. The molecule has 0 spiro atoms. The van der Waals surface area contributed by atoms with Gasteiger partial charge in [0, 0.05) is 11.0 Å². The van der Waals surface area contributed by atoms with E-state index < -0.39 is 0 Å². The van der Waals surface area contributed by atoms with Gasteiger partial charge in [-0.15, -0.1) is 0 Å². The second kappa shape index (κ2) is 5.90. The van der Waals surface area contributed by atoms with E-state index in [1.165, 1.54) is 16.7 Å². The fraction of sp³-hybridized carbons (Fsp3) is 0.235. The largest absolute Gasteiger partial charge is 0.445 e. The Morgan fingerprint density at radius 1 is 1.19 bits per heavy atom. The van der Waals surface area contributed by atoms with Crippen LogP contribution >= 0.6 is 15.9 Å². The van der Waals surface area contributed by atoms with Crippen LogP contribution in [0.5, 0.6) is 0 Å². The molecule has 108 valence electrons. The molecule has 0 fully saturated rings. The van der Waals surface area contributed by atoms with E-state index >= 15 is 0 Å². The van der Waals surface area contributed by atoms with Crippen molar-refractivity contribution in [1.82, 2.24) is 4.90 Å². The number of amides is 1. The maximum atomic E-state index is 12.2. The number of ether oxygens (including phenoxy) is 1. The molecule has 0 atom stereocenters. The molecule has 0 N–H and O–H groups in total. The number of aryl methyl sites for hydroxylation is 1. The summed E-state index contributed by atoms with van der Waals surface area (Å²) in [6.45, 7) is 3.58. The van der Waals surface area contributed by atoms with E-state index in [1.54, 1.807) is 4.90 Å². The lowest BCUT2D eigenvalue weighted by Crippen LogP contribution is -2.26. The summed E-state index contributed by atoms with van der Waals surface area (Å²) >= 11 is 3.60. The number of hydrogen-bond acceptors (Lipinski definition) is 2. The van der Waals surface area contributed by atoms with Crippen molar-refractivity contribution in [1.29, 1.82) is 0 Å². The SMILES string of the molecule is Cc1ccc2c(c1Br)CN(C(=O)OCc1ccccc1)C2. The third-order valence-electron chi connectivity index (χ3n) is 3.71. The van der Waals surface area contributed by atoms with Gasteiger partial charge in [-0.1, -0.05) is 58.4 Å². The molecule has 1 heterocycles. The predicted molar refractivity (Wildman–Crippen MR) is 84.8 cm³/mol. The highest BCUT2D eigenvalue weighted by Crippen LogP contribution is 2.32. The molecule has 0 bridgehead atoms. The highest BCUT2D eigenvalue weighted by Gasteiger charge is 2.26. The maximum Gasteiger partial charge on any atom is 0.410 e.